The third-order valence-electron chi connectivity index (χ3n) is 4.24. The molecule has 0 radical (unpaired) electrons. The number of aryl methyl sites for hydroxylation is 1. The van der Waals surface area contributed by atoms with E-state index in [1.54, 1.807) is 12.1 Å². The fourth-order valence-corrected chi connectivity index (χ4v) is 3.25. The molecule has 5 nitrogen and oxygen atoms in total. The topological polar surface area (TPSA) is 59.0 Å². The summed E-state index contributed by atoms with van der Waals surface area (Å²) in [4.78, 5) is 32.0. The molecule has 6 heteroatoms. The van der Waals surface area contributed by atoms with Crippen molar-refractivity contribution >= 4 is 39.1 Å². The summed E-state index contributed by atoms with van der Waals surface area (Å²) in [6.07, 6.45) is -0.877. The molecule has 2 aromatic carbocycles. The Labute approximate surface area is 147 Å². The molecular formula is C18H13BrN2O3. The Balaban J connectivity index is 1.69. The van der Waals surface area contributed by atoms with Gasteiger partial charge in [0, 0.05) is 10.0 Å². The molecule has 1 fully saturated rings. The standard InChI is InChI=1S/C18H13BrN2O3/c1-10-2-8-13(9-3-10)21-17(22)14-15(20-24-16(14)18(21)23)11-4-6-12(19)7-5-11/h2-9,14,16H,1H3/t14-,16-/m0/s1. The molecule has 4 rings (SSSR count). The number of nitrogens with zero attached hydrogens (tertiary/aromatic N) is 2. The molecule has 2 amide bonds. The number of carbonyl (C=O) groups excluding carboxylic acids is 2. The minimum atomic E-state index is -0.877. The predicted molar refractivity (Wildman–Crippen MR) is 92.7 cm³/mol. The summed E-state index contributed by atoms with van der Waals surface area (Å²) in [7, 11) is 0. The van der Waals surface area contributed by atoms with E-state index < -0.39 is 12.0 Å². The van der Waals surface area contributed by atoms with Crippen molar-refractivity contribution in [2.75, 3.05) is 4.90 Å². The maximum Gasteiger partial charge on any atom is 0.278 e. The summed E-state index contributed by atoms with van der Waals surface area (Å²) in [5.74, 6) is -1.36. The number of hydrogen-bond acceptors (Lipinski definition) is 4. The van der Waals surface area contributed by atoms with Crippen molar-refractivity contribution in [2.24, 2.45) is 11.1 Å². The lowest BCUT2D eigenvalue weighted by Crippen LogP contribution is -2.33. The SMILES string of the molecule is Cc1ccc(N2C(=O)[C@H]3C(c4ccc(Br)cc4)=NO[C@@H]3C2=O)cc1. The molecule has 24 heavy (non-hydrogen) atoms. The zero-order chi connectivity index (χ0) is 16.8. The average molecular weight is 385 g/mol. The van der Waals surface area contributed by atoms with Gasteiger partial charge in [-0.3, -0.25) is 9.59 Å². The molecular weight excluding hydrogens is 372 g/mol. The lowest BCUT2D eigenvalue weighted by atomic mass is 9.94. The van der Waals surface area contributed by atoms with Crippen LogP contribution in [-0.2, 0) is 14.4 Å². The number of oxime groups is 1. The maximum atomic E-state index is 12.9. The zero-order valence-electron chi connectivity index (χ0n) is 12.8. The highest BCUT2D eigenvalue weighted by molar-refractivity contribution is 9.10. The first kappa shape index (κ1) is 15.1. The summed E-state index contributed by atoms with van der Waals surface area (Å²) in [6.45, 7) is 1.95. The van der Waals surface area contributed by atoms with Crippen molar-refractivity contribution in [2.45, 2.75) is 13.0 Å². The van der Waals surface area contributed by atoms with Gasteiger partial charge in [-0.2, -0.15) is 0 Å². The number of rotatable bonds is 2. The van der Waals surface area contributed by atoms with E-state index in [-0.39, 0.29) is 11.8 Å². The second-order valence-corrected chi connectivity index (χ2v) is 6.75. The van der Waals surface area contributed by atoms with Crippen LogP contribution in [-0.4, -0.2) is 23.6 Å². The van der Waals surface area contributed by atoms with Gasteiger partial charge < -0.3 is 4.84 Å². The third-order valence-corrected chi connectivity index (χ3v) is 4.77. The fraction of sp³-hybridized carbons (Fsp3) is 0.167. The number of anilines is 1. The fourth-order valence-electron chi connectivity index (χ4n) is 2.98. The molecule has 2 heterocycles. The number of imide groups is 1. The van der Waals surface area contributed by atoms with Gasteiger partial charge in [-0.1, -0.05) is 50.9 Å². The first-order chi connectivity index (χ1) is 11.6. The Morgan fingerprint density at radius 2 is 1.67 bits per heavy atom. The van der Waals surface area contributed by atoms with E-state index in [4.69, 9.17) is 4.84 Å². The smallest absolute Gasteiger partial charge is 0.278 e. The van der Waals surface area contributed by atoms with Crippen molar-refractivity contribution in [1.29, 1.82) is 0 Å². The monoisotopic (exact) mass is 384 g/mol. The minimum Gasteiger partial charge on any atom is -0.381 e. The lowest BCUT2D eigenvalue weighted by molar-refractivity contribution is -0.126. The van der Waals surface area contributed by atoms with E-state index in [1.807, 2.05) is 43.3 Å². The van der Waals surface area contributed by atoms with Gasteiger partial charge in [0.15, 0.2) is 0 Å². The molecule has 2 aromatic rings. The molecule has 120 valence electrons. The summed E-state index contributed by atoms with van der Waals surface area (Å²) in [5, 5.41) is 4.00. The summed E-state index contributed by atoms with van der Waals surface area (Å²) < 4.78 is 0.928. The average Bonchev–Trinajstić information content (AvgIpc) is 3.11. The lowest BCUT2D eigenvalue weighted by Gasteiger charge is -2.15. The molecule has 0 unspecified atom stereocenters. The van der Waals surface area contributed by atoms with Crippen LogP contribution in [0.5, 0.6) is 0 Å². The maximum absolute atomic E-state index is 12.9. The quantitative estimate of drug-likeness (QED) is 0.747. The van der Waals surface area contributed by atoms with Crippen LogP contribution in [0.15, 0.2) is 58.2 Å². The number of halogens is 1. The molecule has 0 aliphatic carbocycles. The van der Waals surface area contributed by atoms with Crippen LogP contribution in [0.2, 0.25) is 0 Å². The van der Waals surface area contributed by atoms with E-state index in [1.165, 1.54) is 4.90 Å². The second kappa shape index (κ2) is 5.56. The van der Waals surface area contributed by atoms with Crippen LogP contribution in [0.4, 0.5) is 5.69 Å². The number of hydrogen-bond donors (Lipinski definition) is 0. The number of benzene rings is 2. The van der Waals surface area contributed by atoms with Gasteiger partial charge in [0.05, 0.1) is 5.69 Å². The van der Waals surface area contributed by atoms with Crippen LogP contribution in [0.25, 0.3) is 0 Å². The Morgan fingerprint density at radius 1 is 1.00 bits per heavy atom. The third kappa shape index (κ3) is 2.26. The van der Waals surface area contributed by atoms with Crippen LogP contribution in [0.3, 0.4) is 0 Å². The molecule has 0 saturated carbocycles. The first-order valence-electron chi connectivity index (χ1n) is 7.50. The minimum absolute atomic E-state index is 0.298. The van der Waals surface area contributed by atoms with Crippen LogP contribution >= 0.6 is 15.9 Å². The highest BCUT2D eigenvalue weighted by Crippen LogP contribution is 2.35. The molecule has 0 bridgehead atoms. The van der Waals surface area contributed by atoms with Gasteiger partial charge >= 0.3 is 0 Å². The first-order valence-corrected chi connectivity index (χ1v) is 8.30. The predicted octanol–water partition coefficient (Wildman–Crippen LogP) is 3.05. The summed E-state index contributed by atoms with van der Waals surface area (Å²) >= 11 is 3.38. The van der Waals surface area contributed by atoms with E-state index in [0.717, 1.165) is 15.6 Å². The van der Waals surface area contributed by atoms with E-state index in [9.17, 15) is 9.59 Å². The molecule has 2 atom stereocenters. The van der Waals surface area contributed by atoms with Crippen LogP contribution in [0, 0.1) is 12.8 Å². The van der Waals surface area contributed by atoms with Crippen molar-refractivity contribution in [1.82, 2.24) is 0 Å². The Hall–Kier alpha value is -2.47. The molecule has 2 aliphatic rings. The highest BCUT2D eigenvalue weighted by atomic mass is 79.9. The molecule has 2 aliphatic heterocycles. The van der Waals surface area contributed by atoms with Crippen LogP contribution < -0.4 is 4.90 Å². The van der Waals surface area contributed by atoms with Gasteiger partial charge in [0.2, 0.25) is 12.0 Å². The molecule has 0 spiro atoms. The van der Waals surface area contributed by atoms with E-state index in [2.05, 4.69) is 21.1 Å². The van der Waals surface area contributed by atoms with Gasteiger partial charge in [-0.15, -0.1) is 0 Å². The van der Waals surface area contributed by atoms with Crippen LogP contribution in [0.1, 0.15) is 11.1 Å². The summed E-state index contributed by atoms with van der Waals surface area (Å²) in [5.41, 5.74) is 2.90. The molecule has 1 saturated heterocycles. The normalized spacial score (nSPS) is 22.4. The largest absolute Gasteiger partial charge is 0.381 e. The van der Waals surface area contributed by atoms with Gasteiger partial charge in [-0.05, 0) is 31.2 Å². The molecule has 0 aromatic heterocycles. The van der Waals surface area contributed by atoms with E-state index in [0.29, 0.717) is 11.4 Å². The summed E-state index contributed by atoms with van der Waals surface area (Å²) in [6, 6.07) is 14.7. The van der Waals surface area contributed by atoms with Crippen molar-refractivity contribution in [3.63, 3.8) is 0 Å². The molecule has 0 N–H and O–H groups in total. The Bertz CT molecular complexity index is 859. The van der Waals surface area contributed by atoms with Gasteiger partial charge in [0.25, 0.3) is 5.91 Å². The zero-order valence-corrected chi connectivity index (χ0v) is 14.4. The second-order valence-electron chi connectivity index (χ2n) is 5.83. The number of fused-ring (bicyclic) bond motifs is 1. The Morgan fingerprint density at radius 3 is 2.33 bits per heavy atom. The van der Waals surface area contributed by atoms with E-state index >= 15 is 0 Å². The Kier molecular flexibility index (Phi) is 3.49. The van der Waals surface area contributed by atoms with Gasteiger partial charge in [0.1, 0.15) is 11.6 Å². The number of carbonyl (C=O) groups is 2. The van der Waals surface area contributed by atoms with Crippen molar-refractivity contribution < 1.29 is 14.4 Å². The van der Waals surface area contributed by atoms with Crippen molar-refractivity contribution in [3.05, 3.63) is 64.1 Å². The van der Waals surface area contributed by atoms with Crippen molar-refractivity contribution in [3.8, 4) is 0 Å². The number of amides is 2. The van der Waals surface area contributed by atoms with Gasteiger partial charge in [-0.25, -0.2) is 4.90 Å². The highest BCUT2D eigenvalue weighted by Gasteiger charge is 2.56.